The summed E-state index contributed by atoms with van der Waals surface area (Å²) in [6.07, 6.45) is 1.26. The van der Waals surface area contributed by atoms with E-state index in [1.165, 1.54) is 0 Å². The second-order valence-electron chi connectivity index (χ2n) is 4.75. The zero-order valence-electron chi connectivity index (χ0n) is 10.9. The van der Waals surface area contributed by atoms with Crippen molar-refractivity contribution in [3.05, 3.63) is 42.0 Å². The fourth-order valence-electron chi connectivity index (χ4n) is 1.62. The van der Waals surface area contributed by atoms with E-state index in [1.54, 1.807) is 0 Å². The number of aliphatic hydroxyl groups excluding tert-OH is 1. The van der Waals surface area contributed by atoms with Crippen molar-refractivity contribution in [1.82, 2.24) is 0 Å². The van der Waals surface area contributed by atoms with Crippen molar-refractivity contribution < 1.29 is 9.84 Å². The first-order valence-corrected chi connectivity index (χ1v) is 6.08. The van der Waals surface area contributed by atoms with Gasteiger partial charge in [0.1, 0.15) is 5.75 Å². The van der Waals surface area contributed by atoms with E-state index in [4.69, 9.17) is 4.74 Å². The van der Waals surface area contributed by atoms with Gasteiger partial charge in [-0.15, -0.1) is 6.58 Å². The third kappa shape index (κ3) is 5.05. The lowest BCUT2D eigenvalue weighted by molar-refractivity contribution is 0.166. The van der Waals surface area contributed by atoms with E-state index in [1.807, 2.05) is 45.0 Å². The topological polar surface area (TPSA) is 29.5 Å². The Morgan fingerprint density at radius 1 is 1.41 bits per heavy atom. The van der Waals surface area contributed by atoms with Crippen LogP contribution in [-0.4, -0.2) is 11.2 Å². The van der Waals surface area contributed by atoms with Gasteiger partial charge in [0.15, 0.2) is 0 Å². The lowest BCUT2D eigenvalue weighted by atomic mass is 10.0. The van der Waals surface area contributed by atoms with Crippen molar-refractivity contribution in [1.29, 1.82) is 0 Å². The molecule has 0 aliphatic rings. The van der Waals surface area contributed by atoms with E-state index in [2.05, 4.69) is 6.58 Å². The number of benzene rings is 1. The van der Waals surface area contributed by atoms with Gasteiger partial charge in [0.25, 0.3) is 0 Å². The van der Waals surface area contributed by atoms with Gasteiger partial charge >= 0.3 is 0 Å². The SMILES string of the molecule is C=C(C)CCC(O)c1cccc(OC(C)C)c1. The van der Waals surface area contributed by atoms with E-state index >= 15 is 0 Å². The molecule has 0 aromatic heterocycles. The fourth-order valence-corrected chi connectivity index (χ4v) is 1.62. The highest BCUT2D eigenvalue weighted by Gasteiger charge is 2.08. The van der Waals surface area contributed by atoms with E-state index in [-0.39, 0.29) is 6.10 Å². The van der Waals surface area contributed by atoms with Crippen LogP contribution in [0.25, 0.3) is 0 Å². The van der Waals surface area contributed by atoms with Crippen molar-refractivity contribution in [2.45, 2.75) is 45.8 Å². The molecule has 0 radical (unpaired) electrons. The summed E-state index contributed by atoms with van der Waals surface area (Å²) in [4.78, 5) is 0. The summed E-state index contributed by atoms with van der Waals surface area (Å²) in [7, 11) is 0. The van der Waals surface area contributed by atoms with Gasteiger partial charge in [0, 0.05) is 0 Å². The van der Waals surface area contributed by atoms with Crippen molar-refractivity contribution in [3.8, 4) is 5.75 Å². The van der Waals surface area contributed by atoms with Crippen molar-refractivity contribution in [3.63, 3.8) is 0 Å². The van der Waals surface area contributed by atoms with E-state index in [0.29, 0.717) is 6.42 Å². The number of allylic oxidation sites excluding steroid dienone is 1. The minimum absolute atomic E-state index is 0.151. The summed E-state index contributed by atoms with van der Waals surface area (Å²) in [5.41, 5.74) is 2.00. The number of hydrogen-bond acceptors (Lipinski definition) is 2. The first kappa shape index (κ1) is 13.8. The highest BCUT2D eigenvalue weighted by molar-refractivity contribution is 5.30. The summed E-state index contributed by atoms with van der Waals surface area (Å²) in [5, 5.41) is 10.0. The normalized spacial score (nSPS) is 12.5. The molecule has 2 nitrogen and oxygen atoms in total. The van der Waals surface area contributed by atoms with Crippen LogP contribution in [0.3, 0.4) is 0 Å². The third-order valence-corrected chi connectivity index (χ3v) is 2.46. The average Bonchev–Trinajstić information content (AvgIpc) is 2.25. The third-order valence-electron chi connectivity index (χ3n) is 2.46. The van der Waals surface area contributed by atoms with Crippen LogP contribution in [0.15, 0.2) is 36.4 Å². The maximum atomic E-state index is 10.0. The number of rotatable bonds is 6. The largest absolute Gasteiger partial charge is 0.491 e. The predicted octanol–water partition coefficient (Wildman–Crippen LogP) is 3.86. The Balaban J connectivity index is 2.66. The quantitative estimate of drug-likeness (QED) is 0.757. The van der Waals surface area contributed by atoms with Gasteiger partial charge in [-0.05, 0) is 51.3 Å². The molecule has 0 spiro atoms. The zero-order chi connectivity index (χ0) is 12.8. The second-order valence-corrected chi connectivity index (χ2v) is 4.75. The molecule has 1 rings (SSSR count). The van der Waals surface area contributed by atoms with Crippen LogP contribution >= 0.6 is 0 Å². The van der Waals surface area contributed by atoms with E-state index < -0.39 is 6.10 Å². The molecule has 0 amide bonds. The molecule has 1 N–H and O–H groups in total. The zero-order valence-corrected chi connectivity index (χ0v) is 10.9. The molecular weight excluding hydrogens is 212 g/mol. The lowest BCUT2D eigenvalue weighted by Crippen LogP contribution is -2.06. The van der Waals surface area contributed by atoms with Gasteiger partial charge in [-0.3, -0.25) is 0 Å². The second kappa shape index (κ2) is 6.45. The highest BCUT2D eigenvalue weighted by Crippen LogP contribution is 2.24. The molecular formula is C15H22O2. The Morgan fingerprint density at radius 2 is 2.12 bits per heavy atom. The molecule has 2 heteroatoms. The van der Waals surface area contributed by atoms with Gasteiger partial charge in [0.05, 0.1) is 12.2 Å². The van der Waals surface area contributed by atoms with Gasteiger partial charge in [-0.1, -0.05) is 17.7 Å². The number of ether oxygens (including phenoxy) is 1. The molecule has 0 aliphatic carbocycles. The lowest BCUT2D eigenvalue weighted by Gasteiger charge is -2.14. The van der Waals surface area contributed by atoms with Crippen LogP contribution in [0.1, 0.15) is 45.3 Å². The molecule has 0 heterocycles. The molecule has 1 unspecified atom stereocenters. The number of aliphatic hydroxyl groups is 1. The standard InChI is InChI=1S/C15H22O2/c1-11(2)8-9-15(16)13-6-5-7-14(10-13)17-12(3)4/h5-7,10,12,15-16H,1,8-9H2,2-4H3. The Hall–Kier alpha value is -1.28. The molecule has 17 heavy (non-hydrogen) atoms. The summed E-state index contributed by atoms with van der Waals surface area (Å²) >= 11 is 0. The Labute approximate surface area is 104 Å². The van der Waals surface area contributed by atoms with Gasteiger partial charge in [-0.25, -0.2) is 0 Å². The summed E-state index contributed by atoms with van der Waals surface area (Å²) in [6, 6.07) is 7.66. The molecule has 1 aromatic carbocycles. The first-order chi connectivity index (χ1) is 7.99. The minimum atomic E-state index is -0.442. The first-order valence-electron chi connectivity index (χ1n) is 6.08. The predicted molar refractivity (Wildman–Crippen MR) is 71.2 cm³/mol. The Bertz CT molecular complexity index is 369. The van der Waals surface area contributed by atoms with Crippen LogP contribution in [0.4, 0.5) is 0 Å². The van der Waals surface area contributed by atoms with Crippen LogP contribution in [0.2, 0.25) is 0 Å². The number of hydrogen-bond donors (Lipinski definition) is 1. The summed E-state index contributed by atoms with van der Waals surface area (Å²) in [5.74, 6) is 0.812. The molecule has 0 bridgehead atoms. The minimum Gasteiger partial charge on any atom is -0.491 e. The van der Waals surface area contributed by atoms with Crippen LogP contribution in [0, 0.1) is 0 Å². The summed E-state index contributed by atoms with van der Waals surface area (Å²) in [6.45, 7) is 9.80. The molecule has 0 saturated heterocycles. The Kier molecular flexibility index (Phi) is 5.23. The molecule has 1 aromatic rings. The van der Waals surface area contributed by atoms with Gasteiger partial charge in [0.2, 0.25) is 0 Å². The molecule has 0 saturated carbocycles. The van der Waals surface area contributed by atoms with E-state index in [9.17, 15) is 5.11 Å². The molecule has 94 valence electrons. The van der Waals surface area contributed by atoms with Crippen molar-refractivity contribution in [2.24, 2.45) is 0 Å². The average molecular weight is 234 g/mol. The molecule has 0 aliphatic heterocycles. The maximum absolute atomic E-state index is 10.0. The summed E-state index contributed by atoms with van der Waals surface area (Å²) < 4.78 is 5.60. The fraction of sp³-hybridized carbons (Fsp3) is 0.467. The molecule has 0 fully saturated rings. The highest BCUT2D eigenvalue weighted by atomic mass is 16.5. The van der Waals surface area contributed by atoms with Crippen molar-refractivity contribution in [2.75, 3.05) is 0 Å². The van der Waals surface area contributed by atoms with Gasteiger partial charge in [-0.2, -0.15) is 0 Å². The smallest absolute Gasteiger partial charge is 0.120 e. The maximum Gasteiger partial charge on any atom is 0.120 e. The van der Waals surface area contributed by atoms with Gasteiger partial charge < -0.3 is 9.84 Å². The van der Waals surface area contributed by atoms with Crippen LogP contribution in [0.5, 0.6) is 5.75 Å². The van der Waals surface area contributed by atoms with E-state index in [0.717, 1.165) is 23.3 Å². The van der Waals surface area contributed by atoms with Crippen LogP contribution < -0.4 is 4.74 Å². The van der Waals surface area contributed by atoms with Crippen molar-refractivity contribution >= 4 is 0 Å². The Morgan fingerprint density at radius 3 is 2.71 bits per heavy atom. The van der Waals surface area contributed by atoms with Crippen LogP contribution in [-0.2, 0) is 0 Å². The molecule has 1 atom stereocenters. The monoisotopic (exact) mass is 234 g/mol.